The van der Waals surface area contributed by atoms with E-state index in [4.69, 9.17) is 4.74 Å². The van der Waals surface area contributed by atoms with Crippen molar-refractivity contribution in [3.63, 3.8) is 0 Å². The highest BCUT2D eigenvalue weighted by molar-refractivity contribution is 4.89. The number of nitrogens with zero attached hydrogens (tertiary/aromatic N) is 1. The first-order valence-electron chi connectivity index (χ1n) is 7.24. The summed E-state index contributed by atoms with van der Waals surface area (Å²) in [7, 11) is 0. The van der Waals surface area contributed by atoms with Crippen LogP contribution in [0.1, 0.15) is 46.5 Å². The van der Waals surface area contributed by atoms with Gasteiger partial charge >= 0.3 is 0 Å². The van der Waals surface area contributed by atoms with Crippen molar-refractivity contribution in [1.82, 2.24) is 10.2 Å². The van der Waals surface area contributed by atoms with Crippen molar-refractivity contribution in [3.8, 4) is 0 Å². The number of hydrogen-bond donors (Lipinski definition) is 1. The SMILES string of the molecule is CCNC1CCN(CC2(C)CCCO2)C(C)C1. The lowest BCUT2D eigenvalue weighted by Crippen LogP contribution is -2.52. The van der Waals surface area contributed by atoms with Gasteiger partial charge in [0.25, 0.3) is 0 Å². The van der Waals surface area contributed by atoms with Gasteiger partial charge in [-0.05, 0) is 46.1 Å². The molecule has 17 heavy (non-hydrogen) atoms. The summed E-state index contributed by atoms with van der Waals surface area (Å²) >= 11 is 0. The maximum Gasteiger partial charge on any atom is 0.0781 e. The summed E-state index contributed by atoms with van der Waals surface area (Å²) in [4.78, 5) is 2.62. The van der Waals surface area contributed by atoms with Crippen LogP contribution in [0.2, 0.25) is 0 Å². The molecule has 3 unspecified atom stereocenters. The highest BCUT2D eigenvalue weighted by Crippen LogP contribution is 2.28. The molecule has 1 N–H and O–H groups in total. The largest absolute Gasteiger partial charge is 0.374 e. The van der Waals surface area contributed by atoms with Gasteiger partial charge in [0.2, 0.25) is 0 Å². The summed E-state index contributed by atoms with van der Waals surface area (Å²) in [5, 5.41) is 3.58. The van der Waals surface area contributed by atoms with Crippen LogP contribution in [0.4, 0.5) is 0 Å². The topological polar surface area (TPSA) is 24.5 Å². The van der Waals surface area contributed by atoms with Crippen molar-refractivity contribution in [1.29, 1.82) is 0 Å². The van der Waals surface area contributed by atoms with E-state index >= 15 is 0 Å². The zero-order valence-corrected chi connectivity index (χ0v) is 11.7. The zero-order chi connectivity index (χ0) is 12.3. The van der Waals surface area contributed by atoms with Crippen LogP contribution in [0, 0.1) is 0 Å². The lowest BCUT2D eigenvalue weighted by Gasteiger charge is -2.41. The molecule has 0 bridgehead atoms. The van der Waals surface area contributed by atoms with Gasteiger partial charge in [0.05, 0.1) is 5.60 Å². The fourth-order valence-corrected chi connectivity index (χ4v) is 3.32. The van der Waals surface area contributed by atoms with Gasteiger partial charge in [-0.25, -0.2) is 0 Å². The second-order valence-electron chi connectivity index (χ2n) is 6.00. The second-order valence-corrected chi connectivity index (χ2v) is 6.00. The maximum absolute atomic E-state index is 5.91. The molecule has 0 aromatic carbocycles. The van der Waals surface area contributed by atoms with Crippen molar-refractivity contribution in [2.75, 3.05) is 26.2 Å². The molecule has 0 saturated carbocycles. The Kier molecular flexibility index (Phi) is 4.45. The van der Waals surface area contributed by atoms with Gasteiger partial charge in [-0.3, -0.25) is 4.90 Å². The molecule has 2 fully saturated rings. The second kappa shape index (κ2) is 5.68. The molecule has 0 radical (unpaired) electrons. The molecule has 100 valence electrons. The molecule has 2 aliphatic heterocycles. The molecule has 3 heteroatoms. The number of hydrogen-bond acceptors (Lipinski definition) is 3. The first-order chi connectivity index (χ1) is 8.13. The minimum absolute atomic E-state index is 0.124. The fraction of sp³-hybridized carbons (Fsp3) is 1.00. The van der Waals surface area contributed by atoms with Crippen molar-refractivity contribution in [3.05, 3.63) is 0 Å². The minimum Gasteiger partial charge on any atom is -0.374 e. The monoisotopic (exact) mass is 240 g/mol. The smallest absolute Gasteiger partial charge is 0.0781 e. The quantitative estimate of drug-likeness (QED) is 0.813. The van der Waals surface area contributed by atoms with E-state index in [1.54, 1.807) is 0 Å². The van der Waals surface area contributed by atoms with E-state index in [1.807, 2.05) is 0 Å². The van der Waals surface area contributed by atoms with E-state index in [0.29, 0.717) is 6.04 Å². The molecule has 3 nitrogen and oxygen atoms in total. The first-order valence-corrected chi connectivity index (χ1v) is 7.24. The van der Waals surface area contributed by atoms with E-state index in [-0.39, 0.29) is 5.60 Å². The van der Waals surface area contributed by atoms with Crippen LogP contribution < -0.4 is 5.32 Å². The summed E-state index contributed by atoms with van der Waals surface area (Å²) in [5.41, 5.74) is 0.124. The molecule has 0 amide bonds. The summed E-state index contributed by atoms with van der Waals surface area (Å²) in [6.45, 7) is 11.2. The van der Waals surface area contributed by atoms with E-state index in [2.05, 4.69) is 31.0 Å². The number of nitrogens with one attached hydrogen (secondary N) is 1. The highest BCUT2D eigenvalue weighted by atomic mass is 16.5. The first kappa shape index (κ1) is 13.3. The third kappa shape index (κ3) is 3.43. The van der Waals surface area contributed by atoms with Crippen molar-refractivity contribution in [2.24, 2.45) is 0 Å². The maximum atomic E-state index is 5.91. The van der Waals surface area contributed by atoms with Crippen LogP contribution in [0.25, 0.3) is 0 Å². The summed E-state index contributed by atoms with van der Waals surface area (Å²) in [6.07, 6.45) is 5.03. The number of likely N-dealkylation sites (tertiary alicyclic amines) is 1. The Morgan fingerprint density at radius 1 is 1.47 bits per heavy atom. The van der Waals surface area contributed by atoms with Crippen molar-refractivity contribution >= 4 is 0 Å². The molecular formula is C14H28N2O. The predicted molar refractivity (Wildman–Crippen MR) is 71.3 cm³/mol. The molecule has 0 spiro atoms. The standard InChI is InChI=1S/C14H28N2O/c1-4-15-13-6-8-16(12(2)10-13)11-14(3)7-5-9-17-14/h12-13,15H,4-11H2,1-3H3. The Morgan fingerprint density at radius 3 is 2.88 bits per heavy atom. The summed E-state index contributed by atoms with van der Waals surface area (Å²) < 4.78 is 5.91. The molecule has 0 aliphatic carbocycles. The Morgan fingerprint density at radius 2 is 2.29 bits per heavy atom. The van der Waals surface area contributed by atoms with E-state index in [9.17, 15) is 0 Å². The minimum atomic E-state index is 0.124. The highest BCUT2D eigenvalue weighted by Gasteiger charge is 2.35. The Hall–Kier alpha value is -0.120. The molecule has 2 heterocycles. The molecule has 0 aromatic rings. The van der Waals surface area contributed by atoms with Crippen LogP contribution in [-0.4, -0.2) is 48.8 Å². The molecule has 0 aromatic heterocycles. The lowest BCUT2D eigenvalue weighted by atomic mass is 9.94. The van der Waals surface area contributed by atoms with E-state index in [1.165, 1.54) is 32.2 Å². The fourth-order valence-electron chi connectivity index (χ4n) is 3.32. The molecule has 2 rings (SSSR count). The number of rotatable bonds is 4. The van der Waals surface area contributed by atoms with Gasteiger partial charge in [0.15, 0.2) is 0 Å². The van der Waals surface area contributed by atoms with Gasteiger partial charge in [-0.1, -0.05) is 6.92 Å². The van der Waals surface area contributed by atoms with Gasteiger partial charge < -0.3 is 10.1 Å². The Labute approximate surface area is 106 Å². The van der Waals surface area contributed by atoms with Gasteiger partial charge in [0, 0.05) is 31.8 Å². The van der Waals surface area contributed by atoms with Crippen LogP contribution in [0.15, 0.2) is 0 Å². The number of ether oxygens (including phenoxy) is 1. The molecule has 2 aliphatic rings. The average Bonchev–Trinajstić information content (AvgIpc) is 2.70. The third-order valence-corrected chi connectivity index (χ3v) is 4.34. The zero-order valence-electron chi connectivity index (χ0n) is 11.7. The Bertz CT molecular complexity index is 238. The predicted octanol–water partition coefficient (Wildman–Crippen LogP) is 2.02. The normalized spacial score (nSPS) is 39.7. The van der Waals surface area contributed by atoms with Gasteiger partial charge in [-0.2, -0.15) is 0 Å². The van der Waals surface area contributed by atoms with Gasteiger partial charge in [-0.15, -0.1) is 0 Å². The van der Waals surface area contributed by atoms with E-state index < -0.39 is 0 Å². The average molecular weight is 240 g/mol. The Balaban J connectivity index is 1.82. The van der Waals surface area contributed by atoms with Crippen LogP contribution in [-0.2, 0) is 4.74 Å². The number of piperidine rings is 1. The molecule has 2 saturated heterocycles. The van der Waals surface area contributed by atoms with Crippen molar-refractivity contribution in [2.45, 2.75) is 64.1 Å². The molecule has 3 atom stereocenters. The van der Waals surface area contributed by atoms with E-state index in [0.717, 1.165) is 25.7 Å². The van der Waals surface area contributed by atoms with Crippen molar-refractivity contribution < 1.29 is 4.74 Å². The summed E-state index contributed by atoms with van der Waals surface area (Å²) in [5.74, 6) is 0. The van der Waals surface area contributed by atoms with Crippen LogP contribution >= 0.6 is 0 Å². The van der Waals surface area contributed by atoms with Gasteiger partial charge in [0.1, 0.15) is 0 Å². The third-order valence-electron chi connectivity index (χ3n) is 4.34. The summed E-state index contributed by atoms with van der Waals surface area (Å²) in [6, 6.07) is 1.41. The van der Waals surface area contributed by atoms with Crippen LogP contribution in [0.3, 0.4) is 0 Å². The van der Waals surface area contributed by atoms with Crippen LogP contribution in [0.5, 0.6) is 0 Å². The lowest BCUT2D eigenvalue weighted by molar-refractivity contribution is -0.0258. The molecular weight excluding hydrogens is 212 g/mol.